The molecule has 0 unspecified atom stereocenters. The number of nitrogens with zero attached hydrogens (tertiary/aromatic N) is 3. The summed E-state index contributed by atoms with van der Waals surface area (Å²) >= 11 is 0. The van der Waals surface area contributed by atoms with E-state index in [2.05, 4.69) is 41.0 Å². The number of aromatic nitrogens is 2. The van der Waals surface area contributed by atoms with Crippen LogP contribution in [-0.2, 0) is 13.1 Å². The normalized spacial score (nSPS) is 11.0. The summed E-state index contributed by atoms with van der Waals surface area (Å²) in [5.74, 6) is 2.45. The van der Waals surface area contributed by atoms with E-state index in [0.717, 1.165) is 36.9 Å². The molecule has 2 aromatic rings. The Hall–Kier alpha value is -1.88. The number of nitrogens with one attached hydrogen (secondary N) is 1. The summed E-state index contributed by atoms with van der Waals surface area (Å²) in [7, 11) is 0. The second-order valence-electron chi connectivity index (χ2n) is 5.49. The van der Waals surface area contributed by atoms with Crippen LogP contribution in [0.4, 0.5) is 5.82 Å². The molecule has 0 atom stereocenters. The Bertz CT molecular complexity index is 525. The molecule has 2 heterocycles. The van der Waals surface area contributed by atoms with Gasteiger partial charge in [-0.15, -0.1) is 0 Å². The molecule has 0 bridgehead atoms. The van der Waals surface area contributed by atoms with Gasteiger partial charge in [0.2, 0.25) is 0 Å². The fraction of sp³-hybridized carbons (Fsp3) is 0.500. The van der Waals surface area contributed by atoms with E-state index in [1.54, 1.807) is 12.5 Å². The lowest BCUT2D eigenvalue weighted by Gasteiger charge is -2.20. The van der Waals surface area contributed by atoms with E-state index in [-0.39, 0.29) is 0 Å². The van der Waals surface area contributed by atoms with Gasteiger partial charge < -0.3 is 14.6 Å². The lowest BCUT2D eigenvalue weighted by Crippen LogP contribution is -2.24. The van der Waals surface area contributed by atoms with Crippen molar-refractivity contribution < 1.29 is 4.42 Å². The van der Waals surface area contributed by atoms with Crippen LogP contribution in [0.15, 0.2) is 35.2 Å². The standard InChI is InChI=1S/C16H24N4O/c1-4-20(12-15-6-5-7-21-15)16-11-18-10-14(19-16)9-17-8-13(2)3/h5-7,10-11,13,17H,4,8-9,12H2,1-3H3. The first-order valence-electron chi connectivity index (χ1n) is 7.48. The largest absolute Gasteiger partial charge is 0.467 e. The smallest absolute Gasteiger partial charge is 0.147 e. The summed E-state index contributed by atoms with van der Waals surface area (Å²) in [6.07, 6.45) is 5.32. The molecule has 0 aliphatic carbocycles. The van der Waals surface area contributed by atoms with Gasteiger partial charge >= 0.3 is 0 Å². The second kappa shape index (κ2) is 7.78. The van der Waals surface area contributed by atoms with Crippen molar-refractivity contribution in [3.8, 4) is 0 Å². The van der Waals surface area contributed by atoms with Crippen LogP contribution in [0, 0.1) is 5.92 Å². The van der Waals surface area contributed by atoms with Crippen LogP contribution in [0.1, 0.15) is 32.2 Å². The first-order valence-corrected chi connectivity index (χ1v) is 7.48. The molecular weight excluding hydrogens is 264 g/mol. The van der Waals surface area contributed by atoms with Crippen LogP contribution in [0.25, 0.3) is 0 Å². The lowest BCUT2D eigenvalue weighted by molar-refractivity contribution is 0.502. The third-order valence-electron chi connectivity index (χ3n) is 3.16. The molecule has 0 radical (unpaired) electrons. The highest BCUT2D eigenvalue weighted by molar-refractivity contribution is 5.36. The minimum absolute atomic E-state index is 0.632. The van der Waals surface area contributed by atoms with Crippen molar-refractivity contribution in [3.63, 3.8) is 0 Å². The van der Waals surface area contributed by atoms with Gasteiger partial charge in [0, 0.05) is 19.3 Å². The van der Waals surface area contributed by atoms with Gasteiger partial charge in [-0.2, -0.15) is 0 Å². The van der Waals surface area contributed by atoms with E-state index in [4.69, 9.17) is 4.42 Å². The molecule has 21 heavy (non-hydrogen) atoms. The van der Waals surface area contributed by atoms with Crippen LogP contribution in [0.5, 0.6) is 0 Å². The molecule has 0 saturated carbocycles. The zero-order valence-electron chi connectivity index (χ0n) is 13.0. The average Bonchev–Trinajstić information content (AvgIpc) is 2.97. The Morgan fingerprint density at radius 1 is 1.33 bits per heavy atom. The molecule has 1 N–H and O–H groups in total. The van der Waals surface area contributed by atoms with Gasteiger partial charge in [0.25, 0.3) is 0 Å². The number of hydrogen-bond acceptors (Lipinski definition) is 5. The molecule has 0 amide bonds. The summed E-state index contributed by atoms with van der Waals surface area (Å²) in [5, 5.41) is 3.39. The SMILES string of the molecule is CCN(Cc1ccco1)c1cncc(CNCC(C)C)n1. The lowest BCUT2D eigenvalue weighted by atomic mass is 10.2. The maximum absolute atomic E-state index is 5.41. The van der Waals surface area contributed by atoms with E-state index in [1.807, 2.05) is 18.3 Å². The molecule has 0 spiro atoms. The van der Waals surface area contributed by atoms with Crippen molar-refractivity contribution >= 4 is 5.82 Å². The molecule has 0 aliphatic heterocycles. The zero-order chi connectivity index (χ0) is 15.1. The highest BCUT2D eigenvalue weighted by atomic mass is 16.3. The summed E-state index contributed by atoms with van der Waals surface area (Å²) in [6, 6.07) is 3.88. The van der Waals surface area contributed by atoms with E-state index in [9.17, 15) is 0 Å². The fourth-order valence-corrected chi connectivity index (χ4v) is 2.07. The van der Waals surface area contributed by atoms with E-state index >= 15 is 0 Å². The van der Waals surface area contributed by atoms with Gasteiger partial charge in [-0.05, 0) is 31.5 Å². The maximum Gasteiger partial charge on any atom is 0.147 e. The summed E-state index contributed by atoms with van der Waals surface area (Å²) in [5.41, 5.74) is 0.964. The number of anilines is 1. The molecule has 5 heteroatoms. The summed E-state index contributed by atoms with van der Waals surface area (Å²) in [6.45, 7) is 9.79. The monoisotopic (exact) mass is 288 g/mol. The highest BCUT2D eigenvalue weighted by Gasteiger charge is 2.09. The maximum atomic E-state index is 5.41. The van der Waals surface area contributed by atoms with Crippen LogP contribution in [0.3, 0.4) is 0 Å². The highest BCUT2D eigenvalue weighted by Crippen LogP contribution is 2.14. The third kappa shape index (κ3) is 4.86. The molecule has 2 rings (SSSR count). The average molecular weight is 288 g/mol. The van der Waals surface area contributed by atoms with Gasteiger partial charge in [0.05, 0.1) is 24.7 Å². The van der Waals surface area contributed by atoms with Crippen LogP contribution < -0.4 is 10.2 Å². The Balaban J connectivity index is 2.00. The predicted octanol–water partition coefficient (Wildman–Crippen LogP) is 2.84. The van der Waals surface area contributed by atoms with Gasteiger partial charge in [-0.1, -0.05) is 13.8 Å². The number of rotatable bonds is 8. The molecule has 2 aromatic heterocycles. The van der Waals surface area contributed by atoms with Gasteiger partial charge in [-0.3, -0.25) is 4.98 Å². The third-order valence-corrected chi connectivity index (χ3v) is 3.16. The molecule has 0 aromatic carbocycles. The fourth-order valence-electron chi connectivity index (χ4n) is 2.07. The molecule has 0 fully saturated rings. The van der Waals surface area contributed by atoms with Crippen molar-refractivity contribution in [2.75, 3.05) is 18.0 Å². The summed E-state index contributed by atoms with van der Waals surface area (Å²) in [4.78, 5) is 11.1. The van der Waals surface area contributed by atoms with Crippen molar-refractivity contribution in [1.29, 1.82) is 0 Å². The Kier molecular flexibility index (Phi) is 5.75. The molecule has 0 aliphatic rings. The Morgan fingerprint density at radius 3 is 2.86 bits per heavy atom. The number of hydrogen-bond donors (Lipinski definition) is 1. The van der Waals surface area contributed by atoms with E-state index < -0.39 is 0 Å². The van der Waals surface area contributed by atoms with Gasteiger partial charge in [0.1, 0.15) is 11.6 Å². The van der Waals surface area contributed by atoms with Crippen LogP contribution >= 0.6 is 0 Å². The van der Waals surface area contributed by atoms with Crippen LogP contribution in [0.2, 0.25) is 0 Å². The van der Waals surface area contributed by atoms with Crippen molar-refractivity contribution in [1.82, 2.24) is 15.3 Å². The second-order valence-corrected chi connectivity index (χ2v) is 5.49. The van der Waals surface area contributed by atoms with Crippen molar-refractivity contribution in [2.24, 2.45) is 5.92 Å². The Morgan fingerprint density at radius 2 is 2.19 bits per heavy atom. The quantitative estimate of drug-likeness (QED) is 0.809. The molecular formula is C16H24N4O. The van der Waals surface area contributed by atoms with E-state index in [1.165, 1.54) is 0 Å². The van der Waals surface area contributed by atoms with Gasteiger partial charge in [-0.25, -0.2) is 4.98 Å². The topological polar surface area (TPSA) is 54.2 Å². The minimum atomic E-state index is 0.632. The first-order chi connectivity index (χ1) is 10.2. The Labute approximate surface area is 126 Å². The molecule has 0 saturated heterocycles. The number of furan rings is 1. The predicted molar refractivity (Wildman–Crippen MR) is 84.0 cm³/mol. The van der Waals surface area contributed by atoms with Crippen LogP contribution in [-0.4, -0.2) is 23.1 Å². The molecule has 5 nitrogen and oxygen atoms in total. The summed E-state index contributed by atoms with van der Waals surface area (Å²) < 4.78 is 5.41. The van der Waals surface area contributed by atoms with E-state index in [0.29, 0.717) is 12.5 Å². The molecule has 114 valence electrons. The zero-order valence-corrected chi connectivity index (χ0v) is 13.0. The van der Waals surface area contributed by atoms with Crippen molar-refractivity contribution in [3.05, 3.63) is 42.2 Å². The van der Waals surface area contributed by atoms with Gasteiger partial charge in [0.15, 0.2) is 0 Å². The first kappa shape index (κ1) is 15.5. The minimum Gasteiger partial charge on any atom is -0.467 e. The van der Waals surface area contributed by atoms with Crippen molar-refractivity contribution in [2.45, 2.75) is 33.9 Å².